The maximum absolute atomic E-state index is 11.6. The van der Waals surface area contributed by atoms with Crippen molar-refractivity contribution in [2.75, 3.05) is 31.1 Å². The molecular formula is C12H16N2O4. The Morgan fingerprint density at radius 2 is 2.17 bits per heavy atom. The summed E-state index contributed by atoms with van der Waals surface area (Å²) in [6.07, 6.45) is 0.293. The number of rotatable bonds is 5. The van der Waals surface area contributed by atoms with Crippen molar-refractivity contribution in [2.24, 2.45) is 0 Å². The fourth-order valence-electron chi connectivity index (χ4n) is 1.59. The number of fused-ring (bicyclic) bond motifs is 1. The van der Waals surface area contributed by atoms with Gasteiger partial charge in [0, 0.05) is 18.7 Å². The van der Waals surface area contributed by atoms with Crippen LogP contribution in [0.1, 0.15) is 13.3 Å². The summed E-state index contributed by atoms with van der Waals surface area (Å²) < 4.78 is 15.5. The van der Waals surface area contributed by atoms with E-state index < -0.39 is 0 Å². The normalized spacial score (nSPS) is 12.5. The number of carbonyl (C=O) groups excluding carboxylic acids is 1. The summed E-state index contributed by atoms with van der Waals surface area (Å²) in [6.45, 7) is 3.05. The molecule has 0 bridgehead atoms. The Hall–Kier alpha value is -1.95. The van der Waals surface area contributed by atoms with Gasteiger partial charge in [-0.05, 0) is 6.92 Å². The average Bonchev–Trinajstić information content (AvgIpc) is 2.77. The van der Waals surface area contributed by atoms with Crippen LogP contribution in [0.25, 0.3) is 0 Å². The van der Waals surface area contributed by atoms with Gasteiger partial charge >= 0.3 is 0 Å². The number of carbonyl (C=O) groups is 1. The molecule has 6 nitrogen and oxygen atoms in total. The lowest BCUT2D eigenvalue weighted by atomic mass is 10.2. The molecule has 6 heteroatoms. The molecule has 0 unspecified atom stereocenters. The lowest BCUT2D eigenvalue weighted by Gasteiger charge is -2.09. The summed E-state index contributed by atoms with van der Waals surface area (Å²) in [5.74, 6) is 1.04. The lowest BCUT2D eigenvalue weighted by molar-refractivity contribution is -0.117. The standard InChI is InChI=1S/C12H16N2O4/c1-2-16-4-3-12(15)14-9-6-11-10(5-8(9)13)17-7-18-11/h5-6H,2-4,7,13H2,1H3,(H,14,15). The van der Waals surface area contributed by atoms with Gasteiger partial charge in [-0.1, -0.05) is 0 Å². The number of nitrogen functional groups attached to an aromatic ring is 1. The van der Waals surface area contributed by atoms with Gasteiger partial charge in [0.25, 0.3) is 0 Å². The van der Waals surface area contributed by atoms with E-state index in [1.807, 2.05) is 6.92 Å². The zero-order valence-electron chi connectivity index (χ0n) is 10.2. The molecule has 1 aromatic carbocycles. The Labute approximate surface area is 105 Å². The number of hydrogen-bond acceptors (Lipinski definition) is 5. The number of anilines is 2. The van der Waals surface area contributed by atoms with Gasteiger partial charge in [-0.25, -0.2) is 0 Å². The first-order valence-electron chi connectivity index (χ1n) is 5.77. The Balaban J connectivity index is 1.99. The van der Waals surface area contributed by atoms with Crippen molar-refractivity contribution in [3.05, 3.63) is 12.1 Å². The summed E-state index contributed by atoms with van der Waals surface area (Å²) in [5, 5.41) is 2.72. The van der Waals surface area contributed by atoms with Crippen molar-refractivity contribution in [3.8, 4) is 11.5 Å². The molecule has 0 aromatic heterocycles. The smallest absolute Gasteiger partial charge is 0.231 e. The molecule has 0 fully saturated rings. The van der Waals surface area contributed by atoms with Crippen LogP contribution in [0.15, 0.2) is 12.1 Å². The highest BCUT2D eigenvalue weighted by Gasteiger charge is 2.17. The molecule has 0 aliphatic carbocycles. The zero-order chi connectivity index (χ0) is 13.0. The average molecular weight is 252 g/mol. The van der Waals surface area contributed by atoms with Gasteiger partial charge in [0.2, 0.25) is 12.7 Å². The number of hydrogen-bond donors (Lipinski definition) is 2. The van der Waals surface area contributed by atoms with Crippen molar-refractivity contribution >= 4 is 17.3 Å². The monoisotopic (exact) mass is 252 g/mol. The molecule has 0 saturated carbocycles. The lowest BCUT2D eigenvalue weighted by Crippen LogP contribution is -2.15. The van der Waals surface area contributed by atoms with Crippen LogP contribution in [0, 0.1) is 0 Å². The van der Waals surface area contributed by atoms with Gasteiger partial charge < -0.3 is 25.3 Å². The minimum atomic E-state index is -0.144. The third kappa shape index (κ3) is 2.84. The van der Waals surface area contributed by atoms with E-state index >= 15 is 0 Å². The quantitative estimate of drug-likeness (QED) is 0.610. The molecule has 0 saturated heterocycles. The molecular weight excluding hydrogens is 236 g/mol. The fraction of sp³-hybridized carbons (Fsp3) is 0.417. The second-order valence-electron chi connectivity index (χ2n) is 3.79. The Morgan fingerprint density at radius 3 is 2.89 bits per heavy atom. The first-order valence-corrected chi connectivity index (χ1v) is 5.77. The number of ether oxygens (including phenoxy) is 3. The van der Waals surface area contributed by atoms with Gasteiger partial charge in [-0.15, -0.1) is 0 Å². The summed E-state index contributed by atoms with van der Waals surface area (Å²) >= 11 is 0. The molecule has 0 atom stereocenters. The SMILES string of the molecule is CCOCCC(=O)Nc1cc2c(cc1N)OCO2. The van der Waals surface area contributed by atoms with Gasteiger partial charge in [0.05, 0.1) is 24.4 Å². The van der Waals surface area contributed by atoms with Crippen LogP contribution in [0.2, 0.25) is 0 Å². The van der Waals surface area contributed by atoms with Crippen LogP contribution in [-0.4, -0.2) is 25.9 Å². The van der Waals surface area contributed by atoms with E-state index in [9.17, 15) is 4.79 Å². The summed E-state index contributed by atoms with van der Waals surface area (Å²) in [6, 6.07) is 3.30. The van der Waals surface area contributed by atoms with Crippen LogP contribution in [0.5, 0.6) is 11.5 Å². The predicted octanol–water partition coefficient (Wildman–Crippen LogP) is 1.36. The van der Waals surface area contributed by atoms with E-state index in [0.29, 0.717) is 42.5 Å². The highest BCUT2D eigenvalue weighted by Crippen LogP contribution is 2.38. The highest BCUT2D eigenvalue weighted by molar-refractivity contribution is 5.94. The second kappa shape index (κ2) is 5.59. The topological polar surface area (TPSA) is 82.8 Å². The van der Waals surface area contributed by atoms with Gasteiger partial charge in [-0.2, -0.15) is 0 Å². The van der Waals surface area contributed by atoms with Crippen LogP contribution in [0.4, 0.5) is 11.4 Å². The van der Waals surface area contributed by atoms with E-state index in [1.54, 1.807) is 12.1 Å². The van der Waals surface area contributed by atoms with Crippen LogP contribution in [0.3, 0.4) is 0 Å². The molecule has 1 aliphatic rings. The summed E-state index contributed by atoms with van der Waals surface area (Å²) in [7, 11) is 0. The van der Waals surface area contributed by atoms with Crippen molar-refractivity contribution in [1.82, 2.24) is 0 Å². The molecule has 18 heavy (non-hydrogen) atoms. The van der Waals surface area contributed by atoms with Crippen molar-refractivity contribution in [3.63, 3.8) is 0 Å². The molecule has 98 valence electrons. The number of amides is 1. The Bertz CT molecular complexity index is 448. The zero-order valence-corrected chi connectivity index (χ0v) is 10.2. The molecule has 0 spiro atoms. The van der Waals surface area contributed by atoms with Gasteiger partial charge in [0.15, 0.2) is 11.5 Å². The highest BCUT2D eigenvalue weighted by atomic mass is 16.7. The molecule has 1 aromatic rings. The van der Waals surface area contributed by atoms with Gasteiger partial charge in [-0.3, -0.25) is 4.79 Å². The van der Waals surface area contributed by atoms with E-state index in [1.165, 1.54) is 0 Å². The van der Waals surface area contributed by atoms with Crippen molar-refractivity contribution < 1.29 is 19.0 Å². The largest absolute Gasteiger partial charge is 0.454 e. The molecule has 1 amide bonds. The van der Waals surface area contributed by atoms with E-state index in [4.69, 9.17) is 19.9 Å². The maximum atomic E-state index is 11.6. The van der Waals surface area contributed by atoms with Crippen LogP contribution < -0.4 is 20.5 Å². The van der Waals surface area contributed by atoms with Crippen LogP contribution in [-0.2, 0) is 9.53 Å². The molecule has 3 N–H and O–H groups in total. The number of nitrogens with one attached hydrogen (secondary N) is 1. The van der Waals surface area contributed by atoms with Crippen molar-refractivity contribution in [2.45, 2.75) is 13.3 Å². The first kappa shape index (κ1) is 12.5. The van der Waals surface area contributed by atoms with Crippen molar-refractivity contribution in [1.29, 1.82) is 0 Å². The van der Waals surface area contributed by atoms with E-state index in [0.717, 1.165) is 0 Å². The Kier molecular flexibility index (Phi) is 3.88. The maximum Gasteiger partial charge on any atom is 0.231 e. The van der Waals surface area contributed by atoms with Gasteiger partial charge in [0.1, 0.15) is 0 Å². The second-order valence-corrected chi connectivity index (χ2v) is 3.79. The molecule has 1 heterocycles. The molecule has 1 aliphatic heterocycles. The third-order valence-corrected chi connectivity index (χ3v) is 2.50. The van der Waals surface area contributed by atoms with E-state index in [2.05, 4.69) is 5.32 Å². The first-order chi connectivity index (χ1) is 8.70. The summed E-state index contributed by atoms with van der Waals surface area (Å²) in [4.78, 5) is 11.6. The minimum Gasteiger partial charge on any atom is -0.454 e. The predicted molar refractivity (Wildman–Crippen MR) is 66.7 cm³/mol. The third-order valence-electron chi connectivity index (χ3n) is 2.50. The molecule has 0 radical (unpaired) electrons. The van der Waals surface area contributed by atoms with Crippen LogP contribution >= 0.6 is 0 Å². The minimum absolute atomic E-state index is 0.144. The number of nitrogens with two attached hydrogens (primary N) is 1. The summed E-state index contributed by atoms with van der Waals surface area (Å²) in [5.41, 5.74) is 6.79. The fourth-order valence-corrected chi connectivity index (χ4v) is 1.59. The molecule has 2 rings (SSSR count). The Morgan fingerprint density at radius 1 is 1.44 bits per heavy atom. The number of benzene rings is 1. The van der Waals surface area contributed by atoms with E-state index in [-0.39, 0.29) is 12.7 Å².